The van der Waals surface area contributed by atoms with Gasteiger partial charge in [-0.25, -0.2) is 0 Å². The maximum absolute atomic E-state index is 11.6. The molecular formula is C13H25NO3S. The molecule has 5 heteroatoms. The van der Waals surface area contributed by atoms with Crippen molar-refractivity contribution < 1.29 is 15.0 Å². The van der Waals surface area contributed by atoms with Gasteiger partial charge < -0.3 is 15.5 Å². The number of aliphatic hydroxyl groups excluding tert-OH is 1. The first-order chi connectivity index (χ1) is 8.67. The van der Waals surface area contributed by atoms with Crippen molar-refractivity contribution in [3.8, 4) is 0 Å². The molecule has 18 heavy (non-hydrogen) atoms. The zero-order chi connectivity index (χ0) is 13.4. The van der Waals surface area contributed by atoms with Gasteiger partial charge in [0, 0.05) is 5.75 Å². The summed E-state index contributed by atoms with van der Waals surface area (Å²) in [5.74, 6) is 1.22. The highest BCUT2D eigenvalue weighted by molar-refractivity contribution is 7.99. The largest absolute Gasteiger partial charge is 0.480 e. The third kappa shape index (κ3) is 3.87. The van der Waals surface area contributed by atoms with E-state index < -0.39 is 11.5 Å². The van der Waals surface area contributed by atoms with Gasteiger partial charge in [0.05, 0.1) is 6.61 Å². The maximum Gasteiger partial charge on any atom is 0.324 e. The highest BCUT2D eigenvalue weighted by Gasteiger charge is 2.48. The number of aliphatic hydroxyl groups is 1. The van der Waals surface area contributed by atoms with E-state index in [9.17, 15) is 9.90 Å². The van der Waals surface area contributed by atoms with E-state index in [1.54, 1.807) is 11.8 Å². The van der Waals surface area contributed by atoms with Crippen LogP contribution in [0.3, 0.4) is 0 Å². The number of carboxylic acids is 1. The van der Waals surface area contributed by atoms with Crippen molar-refractivity contribution in [3.63, 3.8) is 0 Å². The first-order valence-corrected chi connectivity index (χ1v) is 8.00. The first-order valence-electron chi connectivity index (χ1n) is 6.84. The third-order valence-corrected chi connectivity index (χ3v) is 4.73. The second-order valence-electron chi connectivity index (χ2n) is 4.92. The van der Waals surface area contributed by atoms with Gasteiger partial charge in [-0.15, -0.1) is 0 Å². The number of nitrogens with one attached hydrogen (secondary N) is 1. The van der Waals surface area contributed by atoms with Crippen LogP contribution < -0.4 is 5.32 Å². The molecule has 2 atom stereocenters. The fraction of sp³-hybridized carbons (Fsp3) is 0.923. The van der Waals surface area contributed by atoms with Gasteiger partial charge in [0.1, 0.15) is 5.54 Å². The molecule has 0 amide bonds. The Bertz CT molecular complexity index is 263. The van der Waals surface area contributed by atoms with Crippen LogP contribution in [0.2, 0.25) is 0 Å². The van der Waals surface area contributed by atoms with Crippen LogP contribution in [0.25, 0.3) is 0 Å². The molecule has 0 aromatic carbocycles. The summed E-state index contributed by atoms with van der Waals surface area (Å²) >= 11 is 1.71. The lowest BCUT2D eigenvalue weighted by molar-refractivity contribution is -0.146. The minimum absolute atomic E-state index is 0.202. The summed E-state index contributed by atoms with van der Waals surface area (Å²) in [5, 5.41) is 21.6. The molecule has 0 bridgehead atoms. The highest BCUT2D eigenvalue weighted by atomic mass is 32.2. The molecule has 0 aromatic rings. The van der Waals surface area contributed by atoms with Gasteiger partial charge in [-0.05, 0) is 43.9 Å². The van der Waals surface area contributed by atoms with Crippen molar-refractivity contribution in [1.29, 1.82) is 0 Å². The summed E-state index contributed by atoms with van der Waals surface area (Å²) in [5.41, 5.74) is -0.699. The van der Waals surface area contributed by atoms with Gasteiger partial charge in [0.25, 0.3) is 0 Å². The fourth-order valence-corrected chi connectivity index (χ4v) is 3.58. The van der Waals surface area contributed by atoms with Crippen LogP contribution in [0, 0.1) is 5.92 Å². The van der Waals surface area contributed by atoms with E-state index in [-0.39, 0.29) is 12.5 Å². The van der Waals surface area contributed by atoms with Gasteiger partial charge in [0.2, 0.25) is 0 Å². The molecular weight excluding hydrogens is 250 g/mol. The number of aliphatic carboxylic acids is 1. The Morgan fingerprint density at radius 2 is 2.28 bits per heavy atom. The molecule has 0 radical (unpaired) electrons. The van der Waals surface area contributed by atoms with Gasteiger partial charge in [-0.2, -0.15) is 11.8 Å². The van der Waals surface area contributed by atoms with Crippen molar-refractivity contribution >= 4 is 17.7 Å². The van der Waals surface area contributed by atoms with Crippen molar-refractivity contribution in [3.05, 3.63) is 0 Å². The molecule has 106 valence electrons. The fourth-order valence-electron chi connectivity index (χ4n) is 2.80. The first kappa shape index (κ1) is 15.8. The van der Waals surface area contributed by atoms with E-state index in [0.717, 1.165) is 50.2 Å². The molecule has 3 N–H and O–H groups in total. The lowest BCUT2D eigenvalue weighted by atomic mass is 9.85. The summed E-state index contributed by atoms with van der Waals surface area (Å²) < 4.78 is 0. The van der Waals surface area contributed by atoms with E-state index in [4.69, 9.17) is 5.11 Å². The Labute approximate surface area is 114 Å². The van der Waals surface area contributed by atoms with Crippen LogP contribution in [0.15, 0.2) is 0 Å². The Morgan fingerprint density at radius 1 is 1.50 bits per heavy atom. The van der Waals surface area contributed by atoms with Crippen LogP contribution in [0.5, 0.6) is 0 Å². The number of carbonyl (C=O) groups is 1. The van der Waals surface area contributed by atoms with Crippen LogP contribution >= 0.6 is 11.8 Å². The SMILES string of the molecule is CCCNC1(C(=O)O)CCCC1CCSCCO. The van der Waals surface area contributed by atoms with Crippen LogP contribution in [-0.4, -0.2) is 46.4 Å². The smallest absolute Gasteiger partial charge is 0.324 e. The van der Waals surface area contributed by atoms with E-state index in [1.807, 2.05) is 0 Å². The molecule has 1 aliphatic rings. The van der Waals surface area contributed by atoms with E-state index >= 15 is 0 Å². The van der Waals surface area contributed by atoms with Gasteiger partial charge >= 0.3 is 5.97 Å². The molecule has 1 fully saturated rings. The molecule has 0 aromatic heterocycles. The second-order valence-corrected chi connectivity index (χ2v) is 6.14. The lowest BCUT2D eigenvalue weighted by Crippen LogP contribution is -2.55. The molecule has 0 heterocycles. The molecule has 0 saturated heterocycles. The molecule has 4 nitrogen and oxygen atoms in total. The van der Waals surface area contributed by atoms with E-state index in [2.05, 4.69) is 12.2 Å². The molecule has 1 rings (SSSR count). The zero-order valence-corrected chi connectivity index (χ0v) is 12.0. The predicted molar refractivity (Wildman–Crippen MR) is 75.0 cm³/mol. The quantitative estimate of drug-likeness (QED) is 0.559. The average molecular weight is 275 g/mol. The van der Waals surface area contributed by atoms with Gasteiger partial charge in [-0.1, -0.05) is 13.3 Å². The summed E-state index contributed by atoms with van der Waals surface area (Å²) in [6.45, 7) is 3.03. The Hall–Kier alpha value is -0.260. The van der Waals surface area contributed by atoms with Gasteiger partial charge in [0.15, 0.2) is 0 Å². The van der Waals surface area contributed by atoms with Crippen molar-refractivity contribution in [2.24, 2.45) is 5.92 Å². The summed E-state index contributed by atoms with van der Waals surface area (Å²) in [7, 11) is 0. The Morgan fingerprint density at radius 3 is 2.89 bits per heavy atom. The second kappa shape index (κ2) is 8.02. The van der Waals surface area contributed by atoms with Crippen LogP contribution in [-0.2, 0) is 4.79 Å². The van der Waals surface area contributed by atoms with Crippen LogP contribution in [0.4, 0.5) is 0 Å². The summed E-state index contributed by atoms with van der Waals surface area (Å²) in [6, 6.07) is 0. The summed E-state index contributed by atoms with van der Waals surface area (Å²) in [4.78, 5) is 11.6. The topological polar surface area (TPSA) is 69.6 Å². The lowest BCUT2D eigenvalue weighted by Gasteiger charge is -2.32. The normalized spacial score (nSPS) is 27.6. The van der Waals surface area contributed by atoms with E-state index in [1.165, 1.54) is 0 Å². The van der Waals surface area contributed by atoms with Crippen molar-refractivity contribution in [1.82, 2.24) is 5.32 Å². The number of hydrogen-bond donors (Lipinski definition) is 3. The monoisotopic (exact) mass is 275 g/mol. The third-order valence-electron chi connectivity index (χ3n) is 3.74. The molecule has 0 spiro atoms. The number of rotatable bonds is 9. The average Bonchev–Trinajstić information content (AvgIpc) is 2.76. The standard InChI is InChI=1S/C13H25NO3S/c1-2-7-14-13(12(16)17)6-3-4-11(13)5-9-18-10-8-15/h11,14-15H,2-10H2,1H3,(H,16,17). The van der Waals surface area contributed by atoms with Crippen molar-refractivity contribution in [2.45, 2.75) is 44.6 Å². The summed E-state index contributed by atoms with van der Waals surface area (Å²) in [6.07, 6.45) is 4.63. The molecule has 1 saturated carbocycles. The number of thioether (sulfide) groups is 1. The van der Waals surface area contributed by atoms with Gasteiger partial charge in [-0.3, -0.25) is 4.79 Å². The molecule has 2 unspecified atom stereocenters. The van der Waals surface area contributed by atoms with Crippen molar-refractivity contribution in [2.75, 3.05) is 24.7 Å². The molecule has 1 aliphatic carbocycles. The Kier molecular flexibility index (Phi) is 7.04. The number of hydrogen-bond acceptors (Lipinski definition) is 4. The minimum Gasteiger partial charge on any atom is -0.480 e. The predicted octanol–water partition coefficient (Wildman–Crippen LogP) is 1.73. The highest BCUT2D eigenvalue weighted by Crippen LogP contribution is 2.38. The Balaban J connectivity index is 2.54. The maximum atomic E-state index is 11.6. The van der Waals surface area contributed by atoms with E-state index in [0.29, 0.717) is 0 Å². The van der Waals surface area contributed by atoms with Crippen LogP contribution in [0.1, 0.15) is 39.0 Å². The molecule has 0 aliphatic heterocycles. The number of carboxylic acid groups (broad SMARTS) is 1. The minimum atomic E-state index is -0.699. The zero-order valence-electron chi connectivity index (χ0n) is 11.2.